The fourth-order valence-corrected chi connectivity index (χ4v) is 4.01. The third-order valence-corrected chi connectivity index (χ3v) is 5.92. The van der Waals surface area contributed by atoms with Gasteiger partial charge in [-0.15, -0.1) is 0 Å². The van der Waals surface area contributed by atoms with Crippen LogP contribution in [-0.4, -0.2) is 50.3 Å². The molecule has 9 nitrogen and oxygen atoms in total. The van der Waals surface area contributed by atoms with Crippen molar-refractivity contribution in [1.29, 1.82) is 0 Å². The molecule has 10 heteroatoms. The number of alkyl halides is 1. The van der Waals surface area contributed by atoms with Crippen LogP contribution in [0.4, 0.5) is 15.0 Å². The van der Waals surface area contributed by atoms with Gasteiger partial charge in [-0.3, -0.25) is 14.6 Å². The van der Waals surface area contributed by atoms with Gasteiger partial charge in [0, 0.05) is 30.9 Å². The number of aromatic amines is 1. The Hall–Kier alpha value is -2.91. The quantitative estimate of drug-likeness (QED) is 0.685. The Morgan fingerprint density at radius 3 is 2.90 bits per heavy atom. The lowest BCUT2D eigenvalue weighted by molar-refractivity contribution is 0.0697. The molecule has 2 fully saturated rings. The second-order valence-electron chi connectivity index (χ2n) is 7.93. The minimum Gasteiger partial charge on any atom is -0.446 e. The molecule has 0 unspecified atom stereocenters. The van der Waals surface area contributed by atoms with Gasteiger partial charge in [0.25, 0.3) is 5.91 Å². The molecule has 0 spiro atoms. The Labute approximate surface area is 167 Å². The minimum absolute atomic E-state index is 0.154. The zero-order valence-corrected chi connectivity index (χ0v) is 16.3. The molecule has 2 amide bonds. The molecule has 0 bridgehead atoms. The summed E-state index contributed by atoms with van der Waals surface area (Å²) in [5.41, 5.74) is 0.600. The van der Waals surface area contributed by atoms with Crippen molar-refractivity contribution in [1.82, 2.24) is 25.3 Å². The molecule has 0 radical (unpaired) electrons. The van der Waals surface area contributed by atoms with Crippen molar-refractivity contribution in [3.63, 3.8) is 0 Å². The summed E-state index contributed by atoms with van der Waals surface area (Å²) in [5, 5.41) is 16.5. The van der Waals surface area contributed by atoms with Gasteiger partial charge in [0.2, 0.25) is 0 Å². The van der Waals surface area contributed by atoms with Gasteiger partial charge in [-0.2, -0.15) is 10.2 Å². The van der Waals surface area contributed by atoms with Crippen LogP contribution in [0.15, 0.2) is 18.3 Å². The highest BCUT2D eigenvalue weighted by Gasteiger charge is 2.40. The fraction of sp³-hybridized carbons (Fsp3) is 0.579. The van der Waals surface area contributed by atoms with Crippen molar-refractivity contribution < 1.29 is 18.7 Å². The van der Waals surface area contributed by atoms with Crippen molar-refractivity contribution in [2.45, 2.75) is 56.1 Å². The molecule has 0 aromatic carbocycles. The third-order valence-electron chi connectivity index (χ3n) is 5.92. The Kier molecular flexibility index (Phi) is 5.25. The van der Waals surface area contributed by atoms with Crippen molar-refractivity contribution in [2.75, 3.05) is 12.0 Å². The van der Waals surface area contributed by atoms with E-state index in [1.54, 1.807) is 25.4 Å². The molecule has 2 aromatic heterocycles. The molecule has 4 rings (SSSR count). The van der Waals surface area contributed by atoms with Crippen LogP contribution in [0.1, 0.15) is 60.6 Å². The molecule has 2 saturated carbocycles. The number of alkyl carbamates (subject to hydrolysis) is 1. The van der Waals surface area contributed by atoms with Gasteiger partial charge in [0.05, 0.1) is 5.54 Å². The van der Waals surface area contributed by atoms with Gasteiger partial charge in [-0.05, 0) is 44.6 Å². The standard InChI is InChI=1S/C19H25FN6O3/c1-26-15(5-8-21-26)17(27)22-16-10-14(24-25-16)12-3-4-13(9-12)29-18(28)23-19(11-20)6-2-7-19/h5,8,10,12-13H,2-4,6-7,9,11H2,1H3,(H,23,28)(H2,22,24,25,27)/t12-,13+/m1/s1. The summed E-state index contributed by atoms with van der Waals surface area (Å²) in [6, 6.07) is 3.43. The summed E-state index contributed by atoms with van der Waals surface area (Å²) >= 11 is 0. The second-order valence-corrected chi connectivity index (χ2v) is 7.93. The maximum Gasteiger partial charge on any atom is 0.407 e. The van der Waals surface area contributed by atoms with E-state index in [0.29, 0.717) is 30.8 Å². The smallest absolute Gasteiger partial charge is 0.407 e. The summed E-state index contributed by atoms with van der Waals surface area (Å²) in [7, 11) is 1.69. The minimum atomic E-state index is -0.723. The van der Waals surface area contributed by atoms with Crippen molar-refractivity contribution in [3.05, 3.63) is 29.7 Å². The number of H-pyrrole nitrogens is 1. The molecule has 2 aromatic rings. The number of carbonyl (C=O) groups excluding carboxylic acids is 2. The number of halogens is 1. The summed E-state index contributed by atoms with van der Waals surface area (Å²) in [6.45, 7) is -0.559. The van der Waals surface area contributed by atoms with Crippen LogP contribution in [-0.2, 0) is 11.8 Å². The lowest BCUT2D eigenvalue weighted by atomic mass is 9.78. The van der Waals surface area contributed by atoms with E-state index in [4.69, 9.17) is 4.74 Å². The van der Waals surface area contributed by atoms with E-state index in [9.17, 15) is 14.0 Å². The monoisotopic (exact) mass is 404 g/mol. The highest BCUT2D eigenvalue weighted by molar-refractivity contribution is 6.02. The average molecular weight is 404 g/mol. The Morgan fingerprint density at radius 1 is 1.41 bits per heavy atom. The Bertz CT molecular complexity index is 885. The summed E-state index contributed by atoms with van der Waals surface area (Å²) in [5.74, 6) is 0.301. The van der Waals surface area contributed by atoms with Gasteiger partial charge in [-0.25, -0.2) is 9.18 Å². The SMILES string of the molecule is Cn1nccc1C(=O)Nc1cc([C@@H]2CC[C@H](OC(=O)NC3(CF)CCC3)C2)[nH]n1. The maximum absolute atomic E-state index is 13.1. The number of amides is 2. The van der Waals surface area contributed by atoms with E-state index >= 15 is 0 Å². The number of hydrogen-bond acceptors (Lipinski definition) is 5. The number of nitrogens with zero attached hydrogens (tertiary/aromatic N) is 3. The molecule has 0 aliphatic heterocycles. The van der Waals surface area contributed by atoms with Gasteiger partial charge in [-0.1, -0.05) is 0 Å². The molecule has 2 aliphatic carbocycles. The molecule has 3 N–H and O–H groups in total. The van der Waals surface area contributed by atoms with Crippen molar-refractivity contribution >= 4 is 17.8 Å². The van der Waals surface area contributed by atoms with Crippen LogP contribution >= 0.6 is 0 Å². The van der Waals surface area contributed by atoms with E-state index in [-0.39, 0.29) is 17.9 Å². The predicted octanol–water partition coefficient (Wildman–Crippen LogP) is 2.65. The molecular formula is C19H25FN6O3. The second kappa shape index (κ2) is 7.84. The van der Waals surface area contributed by atoms with E-state index in [2.05, 4.69) is 25.9 Å². The molecule has 156 valence electrons. The third kappa shape index (κ3) is 4.10. The number of nitrogens with one attached hydrogen (secondary N) is 3. The molecule has 2 heterocycles. The molecule has 2 atom stereocenters. The van der Waals surface area contributed by atoms with Gasteiger partial charge in [0.1, 0.15) is 18.5 Å². The first-order valence-electron chi connectivity index (χ1n) is 9.87. The van der Waals surface area contributed by atoms with Crippen LogP contribution in [0, 0.1) is 0 Å². The lowest BCUT2D eigenvalue weighted by Crippen LogP contribution is -2.55. The van der Waals surface area contributed by atoms with Crippen molar-refractivity contribution in [2.24, 2.45) is 7.05 Å². The van der Waals surface area contributed by atoms with Crippen LogP contribution in [0.2, 0.25) is 0 Å². The first kappa shape index (κ1) is 19.4. The van der Waals surface area contributed by atoms with E-state index < -0.39 is 18.3 Å². The predicted molar refractivity (Wildman–Crippen MR) is 102 cm³/mol. The Balaban J connectivity index is 1.29. The van der Waals surface area contributed by atoms with Crippen LogP contribution in [0.25, 0.3) is 0 Å². The molecule has 29 heavy (non-hydrogen) atoms. The summed E-state index contributed by atoms with van der Waals surface area (Å²) < 4.78 is 20.1. The van der Waals surface area contributed by atoms with E-state index in [1.165, 1.54) is 4.68 Å². The lowest BCUT2D eigenvalue weighted by Gasteiger charge is -2.39. The average Bonchev–Trinajstić information content (AvgIpc) is 3.39. The van der Waals surface area contributed by atoms with Gasteiger partial charge >= 0.3 is 6.09 Å². The first-order chi connectivity index (χ1) is 14.0. The van der Waals surface area contributed by atoms with E-state index in [1.807, 2.05) is 0 Å². The first-order valence-corrected chi connectivity index (χ1v) is 9.87. The zero-order valence-electron chi connectivity index (χ0n) is 16.3. The van der Waals surface area contributed by atoms with E-state index in [0.717, 1.165) is 25.0 Å². The maximum atomic E-state index is 13.1. The molecule has 0 saturated heterocycles. The fourth-order valence-electron chi connectivity index (χ4n) is 4.01. The van der Waals surface area contributed by atoms with Gasteiger partial charge in [0.15, 0.2) is 5.82 Å². The number of aromatic nitrogens is 4. The number of ether oxygens (including phenoxy) is 1. The normalized spacial score (nSPS) is 22.7. The number of aryl methyl sites for hydroxylation is 1. The summed E-state index contributed by atoms with van der Waals surface area (Å²) in [4.78, 5) is 24.4. The van der Waals surface area contributed by atoms with Crippen LogP contribution < -0.4 is 10.6 Å². The number of carbonyl (C=O) groups is 2. The topological polar surface area (TPSA) is 114 Å². The van der Waals surface area contributed by atoms with Crippen LogP contribution in [0.5, 0.6) is 0 Å². The highest BCUT2D eigenvalue weighted by atomic mass is 19.1. The Morgan fingerprint density at radius 2 is 2.24 bits per heavy atom. The number of hydrogen-bond donors (Lipinski definition) is 3. The number of anilines is 1. The largest absolute Gasteiger partial charge is 0.446 e. The zero-order chi connectivity index (χ0) is 20.4. The van der Waals surface area contributed by atoms with Gasteiger partial charge < -0.3 is 15.4 Å². The summed E-state index contributed by atoms with van der Waals surface area (Å²) in [6.07, 6.45) is 5.28. The molecular weight excluding hydrogens is 379 g/mol. The van der Waals surface area contributed by atoms with Crippen LogP contribution in [0.3, 0.4) is 0 Å². The molecule has 2 aliphatic rings. The van der Waals surface area contributed by atoms with Crippen molar-refractivity contribution in [3.8, 4) is 0 Å². The highest BCUT2D eigenvalue weighted by Crippen LogP contribution is 2.36. The number of rotatable bonds is 6.